The Balaban J connectivity index is 1.24. The van der Waals surface area contributed by atoms with E-state index < -0.39 is 0 Å². The van der Waals surface area contributed by atoms with E-state index >= 15 is 0 Å². The van der Waals surface area contributed by atoms with E-state index in [4.69, 9.17) is 14.5 Å². The molecule has 0 bridgehead atoms. The van der Waals surface area contributed by atoms with Gasteiger partial charge in [-0.1, -0.05) is 0 Å². The van der Waals surface area contributed by atoms with Gasteiger partial charge in [-0.15, -0.1) is 0 Å². The van der Waals surface area contributed by atoms with E-state index in [1.165, 1.54) is 12.1 Å². The summed E-state index contributed by atoms with van der Waals surface area (Å²) in [6, 6.07) is 8.81. The van der Waals surface area contributed by atoms with E-state index in [9.17, 15) is 9.18 Å². The van der Waals surface area contributed by atoms with Gasteiger partial charge in [0.25, 0.3) is 0 Å². The fraction of sp³-hybridized carbons (Fsp3) is 0.536. The Kier molecular flexibility index (Phi) is 7.53. The van der Waals surface area contributed by atoms with Crippen LogP contribution in [0.25, 0.3) is 17.1 Å². The zero-order valence-corrected chi connectivity index (χ0v) is 21.6. The summed E-state index contributed by atoms with van der Waals surface area (Å²) in [5, 5.41) is 3.54. The molecule has 4 heterocycles. The van der Waals surface area contributed by atoms with Crippen LogP contribution in [0.2, 0.25) is 0 Å². The Labute approximate surface area is 221 Å². The van der Waals surface area contributed by atoms with Gasteiger partial charge in [0.2, 0.25) is 5.95 Å². The highest BCUT2D eigenvalue weighted by Crippen LogP contribution is 2.28. The smallest absolute Gasteiger partial charge is 0.333 e. The van der Waals surface area contributed by atoms with Crippen molar-refractivity contribution in [1.29, 1.82) is 0 Å². The van der Waals surface area contributed by atoms with Crippen LogP contribution in [-0.2, 0) is 9.47 Å². The maximum Gasteiger partial charge on any atom is 0.333 e. The number of imidazole rings is 1. The highest BCUT2D eigenvalue weighted by Gasteiger charge is 2.28. The Bertz CT molecular complexity index is 1270. The molecule has 0 unspecified atom stereocenters. The van der Waals surface area contributed by atoms with Crippen LogP contribution in [0.1, 0.15) is 44.6 Å². The first kappa shape index (κ1) is 25.2. The zero-order valence-electron chi connectivity index (χ0n) is 21.6. The summed E-state index contributed by atoms with van der Waals surface area (Å²) in [5.41, 5.74) is 1.76. The second-order valence-corrected chi connectivity index (χ2v) is 10.4. The van der Waals surface area contributed by atoms with Crippen molar-refractivity contribution in [3.05, 3.63) is 59.0 Å². The molecule has 0 atom stereocenters. The normalized spacial score (nSPS) is 23.4. The molecule has 1 aromatic carbocycles. The van der Waals surface area contributed by atoms with Gasteiger partial charge in [0.15, 0.2) is 0 Å². The average molecular weight is 523 g/mol. The van der Waals surface area contributed by atoms with E-state index in [1.54, 1.807) is 27.5 Å². The molecule has 0 spiro atoms. The van der Waals surface area contributed by atoms with Crippen molar-refractivity contribution < 1.29 is 13.9 Å². The number of hydrogen-bond donors (Lipinski definition) is 1. The van der Waals surface area contributed by atoms with Crippen LogP contribution in [0, 0.1) is 5.82 Å². The third-order valence-electron chi connectivity index (χ3n) is 8.09. The van der Waals surface area contributed by atoms with Gasteiger partial charge in [-0.05, 0) is 68.9 Å². The molecule has 2 aromatic heterocycles. The van der Waals surface area contributed by atoms with E-state index in [-0.39, 0.29) is 17.5 Å². The molecule has 1 aliphatic carbocycles. The second-order valence-electron chi connectivity index (χ2n) is 10.4. The van der Waals surface area contributed by atoms with E-state index in [0.717, 1.165) is 64.8 Å². The number of aromatic nitrogens is 4. The Morgan fingerprint density at radius 2 is 1.58 bits per heavy atom. The molecule has 3 aromatic rings. The van der Waals surface area contributed by atoms with Gasteiger partial charge >= 0.3 is 5.69 Å². The average Bonchev–Trinajstić information content (AvgIpc) is 3.32. The number of benzene rings is 1. The van der Waals surface area contributed by atoms with Crippen molar-refractivity contribution in [3.63, 3.8) is 0 Å². The monoisotopic (exact) mass is 522 g/mol. The predicted octanol–water partition coefficient (Wildman–Crippen LogP) is 3.64. The first-order chi connectivity index (χ1) is 18.7. The summed E-state index contributed by atoms with van der Waals surface area (Å²) < 4.78 is 28.1. The van der Waals surface area contributed by atoms with Gasteiger partial charge in [-0.25, -0.2) is 19.2 Å². The molecule has 10 heteroatoms. The number of nitrogens with zero attached hydrogens (tertiary/aromatic N) is 5. The summed E-state index contributed by atoms with van der Waals surface area (Å²) in [7, 11) is 0. The summed E-state index contributed by atoms with van der Waals surface area (Å²) in [6.45, 7) is 4.97. The Hall–Kier alpha value is -3.08. The first-order valence-corrected chi connectivity index (χ1v) is 13.7. The van der Waals surface area contributed by atoms with Gasteiger partial charge < -0.3 is 14.8 Å². The topological polar surface area (TPSA) is 86.4 Å². The Morgan fingerprint density at radius 3 is 2.32 bits per heavy atom. The highest BCUT2D eigenvalue weighted by atomic mass is 19.1. The first-order valence-electron chi connectivity index (χ1n) is 13.7. The highest BCUT2D eigenvalue weighted by molar-refractivity contribution is 5.59. The second kappa shape index (κ2) is 11.3. The summed E-state index contributed by atoms with van der Waals surface area (Å²) in [4.78, 5) is 25.5. The molecule has 0 amide bonds. The van der Waals surface area contributed by atoms with Crippen molar-refractivity contribution in [1.82, 2.24) is 24.0 Å². The Morgan fingerprint density at radius 1 is 0.868 bits per heavy atom. The number of halogens is 1. The number of anilines is 1. The molecule has 202 valence electrons. The van der Waals surface area contributed by atoms with E-state index in [0.29, 0.717) is 48.3 Å². The summed E-state index contributed by atoms with van der Waals surface area (Å²) in [6.07, 6.45) is 9.58. The minimum Gasteiger partial charge on any atom is -0.381 e. The van der Waals surface area contributed by atoms with Gasteiger partial charge in [-0.2, -0.15) is 0 Å². The van der Waals surface area contributed by atoms with Gasteiger partial charge in [0, 0.05) is 56.8 Å². The van der Waals surface area contributed by atoms with Crippen LogP contribution in [0.5, 0.6) is 0 Å². The number of rotatable bonds is 6. The number of ether oxygens (including phenoxy) is 2. The summed E-state index contributed by atoms with van der Waals surface area (Å²) in [5.74, 6) is 0.221. The van der Waals surface area contributed by atoms with Crippen molar-refractivity contribution in [2.24, 2.45) is 0 Å². The molecular formula is C28H35FN6O3. The molecule has 3 aliphatic rings. The van der Waals surface area contributed by atoms with E-state index in [2.05, 4.69) is 15.2 Å². The van der Waals surface area contributed by atoms with Gasteiger partial charge in [0.05, 0.1) is 30.3 Å². The fourth-order valence-electron chi connectivity index (χ4n) is 5.99. The summed E-state index contributed by atoms with van der Waals surface area (Å²) >= 11 is 0. The van der Waals surface area contributed by atoms with Crippen molar-refractivity contribution >= 4 is 5.95 Å². The molecule has 1 N–H and O–H groups in total. The lowest BCUT2D eigenvalue weighted by Gasteiger charge is -2.38. The molecule has 9 nitrogen and oxygen atoms in total. The molecule has 6 rings (SSSR count). The number of nitrogens with one attached hydrogen (secondary N) is 1. The fourth-order valence-corrected chi connectivity index (χ4v) is 5.99. The van der Waals surface area contributed by atoms with Crippen molar-refractivity contribution in [2.45, 2.75) is 56.7 Å². The quantitative estimate of drug-likeness (QED) is 0.529. The van der Waals surface area contributed by atoms with Crippen LogP contribution in [-0.4, -0.2) is 75.6 Å². The maximum atomic E-state index is 13.7. The molecule has 2 aliphatic heterocycles. The van der Waals surface area contributed by atoms with Crippen LogP contribution in [0.4, 0.5) is 10.3 Å². The zero-order chi connectivity index (χ0) is 25.9. The molecule has 1 saturated carbocycles. The maximum absolute atomic E-state index is 13.7. The molecule has 0 radical (unpaired) electrons. The molecule has 2 saturated heterocycles. The minimum absolute atomic E-state index is 0.0535. The molecular weight excluding hydrogens is 487 g/mol. The molecule has 38 heavy (non-hydrogen) atoms. The van der Waals surface area contributed by atoms with Crippen molar-refractivity contribution in [3.8, 4) is 17.1 Å². The SMILES string of the molecule is O=c1n(C2CCOCC2)cc(-c2ccnc(N[C@H]3CC[C@H](N4CCOCC4)CC3)n2)n1-c1ccc(F)cc1. The lowest BCUT2D eigenvalue weighted by molar-refractivity contribution is 0.00790. The van der Waals surface area contributed by atoms with Crippen LogP contribution < -0.4 is 11.0 Å². The number of hydrogen-bond acceptors (Lipinski definition) is 7. The third kappa shape index (κ3) is 5.39. The van der Waals surface area contributed by atoms with Crippen LogP contribution in [0.15, 0.2) is 47.5 Å². The minimum atomic E-state index is -0.343. The predicted molar refractivity (Wildman–Crippen MR) is 142 cm³/mol. The number of morpholine rings is 1. The lowest BCUT2D eigenvalue weighted by atomic mass is 9.90. The third-order valence-corrected chi connectivity index (χ3v) is 8.09. The van der Waals surface area contributed by atoms with E-state index in [1.807, 2.05) is 12.3 Å². The van der Waals surface area contributed by atoms with Crippen LogP contribution in [0.3, 0.4) is 0 Å². The van der Waals surface area contributed by atoms with Crippen molar-refractivity contribution in [2.75, 3.05) is 44.8 Å². The van der Waals surface area contributed by atoms with Crippen LogP contribution >= 0.6 is 0 Å². The van der Waals surface area contributed by atoms with Gasteiger partial charge in [-0.3, -0.25) is 14.0 Å². The largest absolute Gasteiger partial charge is 0.381 e. The lowest BCUT2D eigenvalue weighted by Crippen LogP contribution is -2.46. The molecule has 3 fully saturated rings. The van der Waals surface area contributed by atoms with Gasteiger partial charge in [0.1, 0.15) is 5.82 Å². The standard InChI is InChI=1S/C28H35FN6O3/c29-20-1-5-24(6-2-20)35-26(19-34(28(35)36)23-10-15-37-16-11-23)25-9-12-30-27(32-25)31-21-3-7-22(8-4-21)33-13-17-38-18-14-33/h1-2,5-6,9,12,19,21-23H,3-4,7-8,10-11,13-18H2,(H,30,31,32)/t21-,22-.